The molecule has 2 N–H and O–H groups in total. The van der Waals surface area contributed by atoms with Crippen LogP contribution in [0, 0.1) is 0 Å². The highest BCUT2D eigenvalue weighted by atomic mass is 16.3. The number of hydrogen-bond donors (Lipinski definition) is 2. The van der Waals surface area contributed by atoms with E-state index in [0.717, 1.165) is 0 Å². The van der Waals surface area contributed by atoms with E-state index in [9.17, 15) is 0 Å². The Hall–Kier alpha value is -0.340. The van der Waals surface area contributed by atoms with Crippen molar-refractivity contribution in [2.75, 3.05) is 0 Å². The molecule has 2 unspecified atom stereocenters. The molecule has 2 nitrogen and oxygen atoms in total. The van der Waals surface area contributed by atoms with E-state index in [4.69, 9.17) is 10.2 Å². The fourth-order valence-corrected chi connectivity index (χ4v) is 0.764. The molecular formula is C6H10O2. The summed E-state index contributed by atoms with van der Waals surface area (Å²) in [6.07, 6.45) is 3.29. The molecular weight excluding hydrogens is 104 g/mol. The molecule has 0 saturated heterocycles. The molecule has 0 aromatic heterocycles. The molecule has 1 rings (SSSR count). The molecule has 0 aromatic rings. The van der Waals surface area contributed by atoms with E-state index in [1.54, 1.807) is 19.1 Å². The van der Waals surface area contributed by atoms with Crippen LogP contribution in [0.5, 0.6) is 0 Å². The lowest BCUT2D eigenvalue weighted by molar-refractivity contribution is -0.0254. The highest BCUT2D eigenvalue weighted by Crippen LogP contribution is 2.22. The highest BCUT2D eigenvalue weighted by Gasteiger charge is 2.30. The van der Waals surface area contributed by atoms with Gasteiger partial charge in [-0.3, -0.25) is 0 Å². The van der Waals surface area contributed by atoms with Crippen molar-refractivity contribution >= 4 is 0 Å². The average Bonchev–Trinajstić information content (AvgIpc) is 1.86. The molecule has 0 radical (unpaired) electrons. The topological polar surface area (TPSA) is 40.5 Å². The first-order chi connectivity index (χ1) is 3.63. The van der Waals surface area contributed by atoms with Gasteiger partial charge in [0.15, 0.2) is 0 Å². The third kappa shape index (κ3) is 0.767. The lowest BCUT2D eigenvalue weighted by Crippen LogP contribution is -2.33. The van der Waals surface area contributed by atoms with Crippen molar-refractivity contribution in [3.8, 4) is 0 Å². The van der Waals surface area contributed by atoms with Gasteiger partial charge >= 0.3 is 0 Å². The first-order valence-electron chi connectivity index (χ1n) is 2.70. The minimum atomic E-state index is -0.903. The fourth-order valence-electron chi connectivity index (χ4n) is 0.764. The molecule has 0 aliphatic heterocycles. The van der Waals surface area contributed by atoms with E-state index in [-0.39, 0.29) is 0 Å². The first-order valence-corrected chi connectivity index (χ1v) is 2.70. The van der Waals surface area contributed by atoms with Crippen molar-refractivity contribution in [3.05, 3.63) is 12.2 Å². The third-order valence-electron chi connectivity index (χ3n) is 1.49. The van der Waals surface area contributed by atoms with Gasteiger partial charge in [0.05, 0.1) is 5.60 Å². The van der Waals surface area contributed by atoms with Crippen molar-refractivity contribution in [2.45, 2.75) is 25.0 Å². The van der Waals surface area contributed by atoms with Gasteiger partial charge in [-0.15, -0.1) is 0 Å². The summed E-state index contributed by atoms with van der Waals surface area (Å²) in [5.74, 6) is 0. The smallest absolute Gasteiger partial charge is 0.101 e. The molecule has 0 aromatic carbocycles. The predicted molar refractivity (Wildman–Crippen MR) is 30.4 cm³/mol. The van der Waals surface area contributed by atoms with Gasteiger partial charge in [0.25, 0.3) is 0 Å². The van der Waals surface area contributed by atoms with Gasteiger partial charge in [-0.2, -0.15) is 0 Å². The van der Waals surface area contributed by atoms with Gasteiger partial charge < -0.3 is 10.2 Å². The van der Waals surface area contributed by atoms with Crippen LogP contribution in [0.3, 0.4) is 0 Å². The Balaban J connectivity index is 2.64. The monoisotopic (exact) mass is 114 g/mol. The Labute approximate surface area is 48.5 Å². The standard InChI is InChI=1S/C6H10O2/c1-6(8)4-2-3-5(6)7/h2-3,5,7-8H,4H2,1H3. The summed E-state index contributed by atoms with van der Waals surface area (Å²) < 4.78 is 0. The second-order valence-corrected chi connectivity index (χ2v) is 2.43. The minimum absolute atomic E-state index is 0.564. The van der Waals surface area contributed by atoms with Crippen LogP contribution >= 0.6 is 0 Å². The Morgan fingerprint density at radius 2 is 2.38 bits per heavy atom. The van der Waals surface area contributed by atoms with Gasteiger partial charge in [0, 0.05) is 0 Å². The Morgan fingerprint density at radius 3 is 2.50 bits per heavy atom. The van der Waals surface area contributed by atoms with E-state index >= 15 is 0 Å². The molecule has 0 bridgehead atoms. The summed E-state index contributed by atoms with van der Waals surface area (Å²) in [6.45, 7) is 1.62. The predicted octanol–water partition coefficient (Wildman–Crippen LogP) is 0.0582. The van der Waals surface area contributed by atoms with Crippen molar-refractivity contribution in [1.82, 2.24) is 0 Å². The van der Waals surface area contributed by atoms with E-state index < -0.39 is 11.7 Å². The summed E-state index contributed by atoms with van der Waals surface area (Å²) in [6, 6.07) is 0. The highest BCUT2D eigenvalue weighted by molar-refractivity contribution is 5.08. The molecule has 2 heteroatoms. The fraction of sp³-hybridized carbons (Fsp3) is 0.667. The first kappa shape index (κ1) is 5.79. The van der Waals surface area contributed by atoms with Gasteiger partial charge in [-0.1, -0.05) is 12.2 Å². The molecule has 1 aliphatic rings. The Kier molecular flexibility index (Phi) is 1.14. The zero-order chi connectivity index (χ0) is 6.20. The molecule has 0 saturated carbocycles. The second kappa shape index (κ2) is 1.57. The molecule has 0 heterocycles. The van der Waals surface area contributed by atoms with Crippen LogP contribution in [0.1, 0.15) is 13.3 Å². The van der Waals surface area contributed by atoms with Crippen molar-refractivity contribution in [1.29, 1.82) is 0 Å². The van der Waals surface area contributed by atoms with Crippen LogP contribution in [0.2, 0.25) is 0 Å². The van der Waals surface area contributed by atoms with Crippen LogP contribution in [0.25, 0.3) is 0 Å². The van der Waals surface area contributed by atoms with Crippen LogP contribution in [-0.2, 0) is 0 Å². The molecule has 0 amide bonds. The second-order valence-electron chi connectivity index (χ2n) is 2.43. The molecule has 0 fully saturated rings. The Bertz CT molecular complexity index is 116. The number of aliphatic hydroxyl groups excluding tert-OH is 1. The quantitative estimate of drug-likeness (QED) is 0.437. The molecule has 1 aliphatic carbocycles. The molecule has 2 atom stereocenters. The summed E-state index contributed by atoms with van der Waals surface area (Å²) in [7, 11) is 0. The van der Waals surface area contributed by atoms with E-state index in [2.05, 4.69) is 0 Å². The maximum absolute atomic E-state index is 9.15. The summed E-state index contributed by atoms with van der Waals surface area (Å²) in [4.78, 5) is 0. The van der Waals surface area contributed by atoms with Gasteiger partial charge in [-0.25, -0.2) is 0 Å². The summed E-state index contributed by atoms with van der Waals surface area (Å²) >= 11 is 0. The van der Waals surface area contributed by atoms with Gasteiger partial charge in [-0.05, 0) is 13.3 Å². The van der Waals surface area contributed by atoms with Crippen LogP contribution in [0.15, 0.2) is 12.2 Å². The largest absolute Gasteiger partial charge is 0.387 e. The van der Waals surface area contributed by atoms with Crippen LogP contribution in [-0.4, -0.2) is 21.9 Å². The lowest BCUT2D eigenvalue weighted by atomic mass is 10.0. The van der Waals surface area contributed by atoms with E-state index in [0.29, 0.717) is 6.42 Å². The average molecular weight is 114 g/mol. The van der Waals surface area contributed by atoms with Gasteiger partial charge in [0.1, 0.15) is 6.10 Å². The van der Waals surface area contributed by atoms with Crippen LogP contribution in [0.4, 0.5) is 0 Å². The van der Waals surface area contributed by atoms with Crippen molar-refractivity contribution < 1.29 is 10.2 Å². The van der Waals surface area contributed by atoms with Crippen molar-refractivity contribution in [2.24, 2.45) is 0 Å². The summed E-state index contributed by atoms with van der Waals surface area (Å²) in [5.41, 5.74) is -0.903. The molecule has 46 valence electrons. The summed E-state index contributed by atoms with van der Waals surface area (Å²) in [5, 5.41) is 18.1. The maximum atomic E-state index is 9.15. The number of aliphatic hydroxyl groups is 2. The zero-order valence-electron chi connectivity index (χ0n) is 4.83. The molecule has 0 spiro atoms. The van der Waals surface area contributed by atoms with Crippen LogP contribution < -0.4 is 0 Å². The normalized spacial score (nSPS) is 45.6. The lowest BCUT2D eigenvalue weighted by Gasteiger charge is -2.19. The SMILES string of the molecule is CC1(O)CC=CC1O. The van der Waals surface area contributed by atoms with Gasteiger partial charge in [0.2, 0.25) is 0 Å². The number of rotatable bonds is 0. The number of hydrogen-bond acceptors (Lipinski definition) is 2. The molecule has 8 heavy (non-hydrogen) atoms. The zero-order valence-corrected chi connectivity index (χ0v) is 4.83. The third-order valence-corrected chi connectivity index (χ3v) is 1.49. The maximum Gasteiger partial charge on any atom is 0.101 e. The van der Waals surface area contributed by atoms with E-state index in [1.807, 2.05) is 0 Å². The van der Waals surface area contributed by atoms with Crippen molar-refractivity contribution in [3.63, 3.8) is 0 Å². The minimum Gasteiger partial charge on any atom is -0.387 e. The Morgan fingerprint density at radius 1 is 1.75 bits per heavy atom. The van der Waals surface area contributed by atoms with E-state index in [1.165, 1.54) is 0 Å².